The van der Waals surface area contributed by atoms with E-state index in [9.17, 15) is 4.39 Å². The van der Waals surface area contributed by atoms with Crippen LogP contribution in [-0.4, -0.2) is 67.4 Å². The molecule has 2 aromatic heterocycles. The summed E-state index contributed by atoms with van der Waals surface area (Å²) in [5.74, 6) is 1.19. The fraction of sp³-hybridized carbons (Fsp3) is 0.308. The molecule has 0 amide bonds. The maximum atomic E-state index is 14.5. The fourth-order valence-electron chi connectivity index (χ4n) is 4.76. The smallest absolute Gasteiger partial charge is 0.162 e. The first-order chi connectivity index (χ1) is 16.7. The van der Waals surface area contributed by atoms with Crippen LogP contribution in [0.4, 0.5) is 15.9 Å². The Morgan fingerprint density at radius 2 is 1.74 bits per heavy atom. The number of aromatic nitrogens is 3. The molecule has 6 rings (SSSR count). The molecule has 0 bridgehead atoms. The highest BCUT2D eigenvalue weighted by molar-refractivity contribution is 5.94. The van der Waals surface area contributed by atoms with Crippen molar-refractivity contribution in [2.45, 2.75) is 0 Å². The minimum Gasteiger partial charge on any atom is -0.378 e. The molecule has 2 N–H and O–H groups in total. The highest BCUT2D eigenvalue weighted by Crippen LogP contribution is 2.33. The van der Waals surface area contributed by atoms with Crippen LogP contribution in [0.2, 0.25) is 0 Å². The van der Waals surface area contributed by atoms with Gasteiger partial charge in [0.05, 0.1) is 18.9 Å². The summed E-state index contributed by atoms with van der Waals surface area (Å²) in [7, 11) is 0. The summed E-state index contributed by atoms with van der Waals surface area (Å²) in [4.78, 5) is 17.6. The van der Waals surface area contributed by atoms with E-state index < -0.39 is 0 Å². The molecule has 0 atom stereocenters. The lowest BCUT2D eigenvalue weighted by Gasteiger charge is -2.30. The first kappa shape index (κ1) is 21.1. The van der Waals surface area contributed by atoms with Gasteiger partial charge in [-0.2, -0.15) is 0 Å². The van der Waals surface area contributed by atoms with Crippen LogP contribution in [0.1, 0.15) is 0 Å². The van der Waals surface area contributed by atoms with Crippen molar-refractivity contribution in [2.24, 2.45) is 0 Å². The van der Waals surface area contributed by atoms with Gasteiger partial charge in [-0.05, 0) is 30.3 Å². The Balaban J connectivity index is 1.48. The second-order valence-corrected chi connectivity index (χ2v) is 8.71. The van der Waals surface area contributed by atoms with Crippen LogP contribution in [0.25, 0.3) is 33.5 Å². The van der Waals surface area contributed by atoms with Gasteiger partial charge in [-0.3, -0.25) is 0 Å². The first-order valence-corrected chi connectivity index (χ1v) is 11.8. The molecule has 4 heterocycles. The van der Waals surface area contributed by atoms with Gasteiger partial charge >= 0.3 is 0 Å². The molecule has 34 heavy (non-hydrogen) atoms. The van der Waals surface area contributed by atoms with E-state index in [1.54, 1.807) is 6.07 Å². The van der Waals surface area contributed by atoms with Gasteiger partial charge in [-0.25, -0.2) is 14.4 Å². The summed E-state index contributed by atoms with van der Waals surface area (Å²) >= 11 is 0. The average Bonchev–Trinajstić information content (AvgIpc) is 3.37. The lowest BCUT2D eigenvalue weighted by atomic mass is 10.1. The molecule has 0 unspecified atom stereocenters. The molecule has 0 saturated carbocycles. The maximum Gasteiger partial charge on any atom is 0.162 e. The van der Waals surface area contributed by atoms with Gasteiger partial charge in [0, 0.05) is 79.2 Å². The standard InChI is InChI=1S/C26H27FN6O/c27-19-15-22(21-4-5-29-23(21)16-19)24-17-25(33-10-12-34-13-11-33)31-26(30-24)18-2-1-3-20(14-18)32-8-6-28-7-9-32/h1-5,14-17,28-29H,6-13H2. The summed E-state index contributed by atoms with van der Waals surface area (Å²) in [6, 6.07) is 15.4. The van der Waals surface area contributed by atoms with Gasteiger partial charge in [0.25, 0.3) is 0 Å². The molecule has 8 heteroatoms. The Labute approximate surface area is 197 Å². The maximum absolute atomic E-state index is 14.5. The summed E-state index contributed by atoms with van der Waals surface area (Å²) in [6.07, 6.45) is 1.83. The largest absolute Gasteiger partial charge is 0.378 e. The lowest BCUT2D eigenvalue weighted by Crippen LogP contribution is -2.43. The Morgan fingerprint density at radius 1 is 0.882 bits per heavy atom. The van der Waals surface area contributed by atoms with Gasteiger partial charge in [0.15, 0.2) is 5.82 Å². The topological polar surface area (TPSA) is 69.3 Å². The van der Waals surface area contributed by atoms with Crippen LogP contribution in [0, 0.1) is 5.82 Å². The van der Waals surface area contributed by atoms with Crippen molar-refractivity contribution in [1.82, 2.24) is 20.3 Å². The molecule has 7 nitrogen and oxygen atoms in total. The molecule has 4 aromatic rings. The number of ether oxygens (including phenoxy) is 1. The number of morpholine rings is 1. The second-order valence-electron chi connectivity index (χ2n) is 8.71. The third kappa shape index (κ3) is 4.10. The van der Waals surface area contributed by atoms with Gasteiger partial charge in [0.1, 0.15) is 11.6 Å². The number of hydrogen-bond donors (Lipinski definition) is 2. The van der Waals surface area contributed by atoms with Crippen LogP contribution in [0.5, 0.6) is 0 Å². The van der Waals surface area contributed by atoms with Gasteiger partial charge in [-0.1, -0.05) is 12.1 Å². The van der Waals surface area contributed by atoms with Crippen LogP contribution < -0.4 is 15.1 Å². The molecule has 0 aliphatic carbocycles. The zero-order chi connectivity index (χ0) is 22.9. The van der Waals surface area contributed by atoms with Crippen molar-refractivity contribution in [1.29, 1.82) is 0 Å². The van der Waals surface area contributed by atoms with E-state index in [-0.39, 0.29) is 5.82 Å². The van der Waals surface area contributed by atoms with Crippen LogP contribution in [-0.2, 0) is 4.74 Å². The number of nitrogens with zero attached hydrogens (tertiary/aromatic N) is 4. The number of halogens is 1. The summed E-state index contributed by atoms with van der Waals surface area (Å²) in [5, 5.41) is 4.34. The van der Waals surface area contributed by atoms with Gasteiger partial charge in [0.2, 0.25) is 0 Å². The van der Waals surface area contributed by atoms with E-state index in [1.807, 2.05) is 24.4 Å². The number of fused-ring (bicyclic) bond motifs is 1. The summed E-state index contributed by atoms with van der Waals surface area (Å²) in [6.45, 7) is 6.74. The number of H-pyrrole nitrogens is 1. The SMILES string of the molecule is Fc1cc(-c2cc(N3CCOCC3)nc(-c3cccc(N4CCNCC4)c3)n2)c2cc[nH]c2c1. The average molecular weight is 459 g/mol. The molecule has 2 fully saturated rings. The summed E-state index contributed by atoms with van der Waals surface area (Å²) in [5.41, 5.74) is 4.34. The van der Waals surface area contributed by atoms with Crippen molar-refractivity contribution in [2.75, 3.05) is 62.3 Å². The molecular formula is C26H27FN6O. The monoisotopic (exact) mass is 458 g/mol. The minimum atomic E-state index is -0.293. The Bertz CT molecular complexity index is 1310. The fourth-order valence-corrected chi connectivity index (χ4v) is 4.76. The number of aromatic amines is 1. The van der Waals surface area contributed by atoms with Crippen molar-refractivity contribution >= 4 is 22.4 Å². The number of benzene rings is 2. The predicted octanol–water partition coefficient (Wildman–Crippen LogP) is 3.68. The van der Waals surface area contributed by atoms with Crippen LogP contribution in [0.15, 0.2) is 54.7 Å². The van der Waals surface area contributed by atoms with E-state index in [0.717, 1.165) is 67.1 Å². The highest BCUT2D eigenvalue weighted by atomic mass is 19.1. The molecule has 0 radical (unpaired) electrons. The van der Waals surface area contributed by atoms with Gasteiger partial charge in [-0.15, -0.1) is 0 Å². The Hall–Kier alpha value is -3.49. The van der Waals surface area contributed by atoms with E-state index >= 15 is 0 Å². The molecule has 2 aliphatic rings. The third-order valence-corrected chi connectivity index (χ3v) is 6.54. The van der Waals surface area contributed by atoms with Crippen LogP contribution in [0.3, 0.4) is 0 Å². The molecule has 174 valence electrons. The van der Waals surface area contributed by atoms with Crippen molar-refractivity contribution in [3.05, 3.63) is 60.5 Å². The molecule has 2 aliphatic heterocycles. The zero-order valence-electron chi connectivity index (χ0n) is 18.9. The van der Waals surface area contributed by atoms with Crippen molar-refractivity contribution in [3.8, 4) is 22.6 Å². The van der Waals surface area contributed by atoms with Gasteiger partial charge < -0.3 is 24.8 Å². The number of anilines is 2. The molecule has 2 saturated heterocycles. The number of hydrogen-bond acceptors (Lipinski definition) is 6. The first-order valence-electron chi connectivity index (χ1n) is 11.8. The molecular weight excluding hydrogens is 431 g/mol. The van der Waals surface area contributed by atoms with E-state index in [4.69, 9.17) is 14.7 Å². The van der Waals surface area contributed by atoms with Crippen molar-refractivity contribution in [3.63, 3.8) is 0 Å². The molecule has 2 aromatic carbocycles. The lowest BCUT2D eigenvalue weighted by molar-refractivity contribution is 0.122. The van der Waals surface area contributed by atoms with Crippen LogP contribution >= 0.6 is 0 Å². The normalized spacial score (nSPS) is 16.9. The molecule has 0 spiro atoms. The zero-order valence-corrected chi connectivity index (χ0v) is 18.9. The third-order valence-electron chi connectivity index (χ3n) is 6.54. The van der Waals surface area contributed by atoms with E-state index in [0.29, 0.717) is 24.7 Å². The highest BCUT2D eigenvalue weighted by Gasteiger charge is 2.19. The predicted molar refractivity (Wildman–Crippen MR) is 133 cm³/mol. The van der Waals surface area contributed by atoms with E-state index in [2.05, 4.69) is 38.3 Å². The number of piperazine rings is 1. The Morgan fingerprint density at radius 3 is 2.59 bits per heavy atom. The quantitative estimate of drug-likeness (QED) is 0.486. The Kier molecular flexibility index (Phi) is 5.60. The second kappa shape index (κ2) is 9.04. The minimum absolute atomic E-state index is 0.293. The van der Waals surface area contributed by atoms with E-state index in [1.165, 1.54) is 11.8 Å². The van der Waals surface area contributed by atoms with Crippen molar-refractivity contribution < 1.29 is 9.13 Å². The number of nitrogens with one attached hydrogen (secondary N) is 2. The summed E-state index contributed by atoms with van der Waals surface area (Å²) < 4.78 is 20.0. The number of rotatable bonds is 4.